The second-order valence-electron chi connectivity index (χ2n) is 4.08. The molecule has 0 rings (SSSR count). The van der Waals surface area contributed by atoms with E-state index in [1.807, 2.05) is 0 Å². The fourth-order valence-corrected chi connectivity index (χ4v) is 1.68. The lowest BCUT2D eigenvalue weighted by molar-refractivity contribution is 0.150. The average molecular weight is 202 g/mol. The number of rotatable bonds is 10. The molecule has 0 aromatic rings. The van der Waals surface area contributed by atoms with Crippen LogP contribution in [0.1, 0.15) is 64.7 Å². The van der Waals surface area contributed by atoms with Crippen molar-refractivity contribution in [2.24, 2.45) is 0 Å². The van der Waals surface area contributed by atoms with Crippen molar-refractivity contribution in [3.8, 4) is 0 Å². The van der Waals surface area contributed by atoms with E-state index in [2.05, 4.69) is 6.92 Å². The Hall–Kier alpha value is -0.0800. The van der Waals surface area contributed by atoms with Gasteiger partial charge in [0.1, 0.15) is 0 Å². The quantitative estimate of drug-likeness (QED) is 0.535. The van der Waals surface area contributed by atoms with Crippen LogP contribution in [-0.2, 0) is 0 Å². The van der Waals surface area contributed by atoms with Crippen LogP contribution in [0.15, 0.2) is 0 Å². The number of aliphatic hydroxyl groups is 2. The van der Waals surface area contributed by atoms with E-state index in [4.69, 9.17) is 5.11 Å². The Kier molecular flexibility index (Phi) is 10.9. The van der Waals surface area contributed by atoms with Crippen LogP contribution in [0, 0.1) is 0 Å². The Morgan fingerprint density at radius 1 is 0.857 bits per heavy atom. The minimum absolute atomic E-state index is 0.0718. The molecule has 0 radical (unpaired) electrons. The van der Waals surface area contributed by atoms with Gasteiger partial charge >= 0.3 is 0 Å². The van der Waals surface area contributed by atoms with Crippen LogP contribution in [-0.4, -0.2) is 22.9 Å². The fraction of sp³-hybridized carbons (Fsp3) is 1.00. The minimum Gasteiger partial charge on any atom is -0.396 e. The molecule has 0 saturated heterocycles. The summed E-state index contributed by atoms with van der Waals surface area (Å²) in [4.78, 5) is 0. The van der Waals surface area contributed by atoms with Crippen LogP contribution in [0.2, 0.25) is 0 Å². The first kappa shape index (κ1) is 13.9. The van der Waals surface area contributed by atoms with E-state index in [0.717, 1.165) is 38.5 Å². The van der Waals surface area contributed by atoms with Crippen LogP contribution in [0.25, 0.3) is 0 Å². The molecule has 0 aromatic heterocycles. The first-order valence-electron chi connectivity index (χ1n) is 6.10. The molecule has 0 saturated carbocycles. The first-order valence-corrected chi connectivity index (χ1v) is 6.10. The lowest BCUT2D eigenvalue weighted by Crippen LogP contribution is -2.04. The summed E-state index contributed by atoms with van der Waals surface area (Å²) >= 11 is 0. The predicted molar refractivity (Wildman–Crippen MR) is 60.3 cm³/mol. The molecule has 0 spiro atoms. The van der Waals surface area contributed by atoms with Crippen LogP contribution < -0.4 is 0 Å². The summed E-state index contributed by atoms with van der Waals surface area (Å²) in [6, 6.07) is 0. The van der Waals surface area contributed by atoms with E-state index in [1.165, 1.54) is 19.3 Å². The summed E-state index contributed by atoms with van der Waals surface area (Å²) in [7, 11) is 0. The summed E-state index contributed by atoms with van der Waals surface area (Å²) in [5, 5.41) is 18.0. The summed E-state index contributed by atoms with van der Waals surface area (Å²) in [5.74, 6) is 0. The average Bonchev–Trinajstić information content (AvgIpc) is 2.17. The van der Waals surface area contributed by atoms with E-state index < -0.39 is 0 Å². The molecule has 2 N–H and O–H groups in total. The second-order valence-corrected chi connectivity index (χ2v) is 4.08. The van der Waals surface area contributed by atoms with Crippen molar-refractivity contribution in [1.82, 2.24) is 0 Å². The topological polar surface area (TPSA) is 40.5 Å². The van der Waals surface area contributed by atoms with Gasteiger partial charge in [-0.2, -0.15) is 0 Å². The zero-order valence-corrected chi connectivity index (χ0v) is 9.54. The molecule has 0 aliphatic rings. The monoisotopic (exact) mass is 202 g/mol. The summed E-state index contributed by atoms with van der Waals surface area (Å²) in [6.45, 7) is 2.44. The van der Waals surface area contributed by atoms with Crippen molar-refractivity contribution in [3.05, 3.63) is 0 Å². The highest BCUT2D eigenvalue weighted by molar-refractivity contribution is 4.55. The van der Waals surface area contributed by atoms with Gasteiger partial charge in [-0.15, -0.1) is 0 Å². The van der Waals surface area contributed by atoms with Gasteiger partial charge in [-0.3, -0.25) is 0 Å². The molecule has 0 aromatic carbocycles. The van der Waals surface area contributed by atoms with Crippen LogP contribution in [0.4, 0.5) is 0 Å². The zero-order chi connectivity index (χ0) is 10.6. The fourth-order valence-electron chi connectivity index (χ4n) is 1.68. The van der Waals surface area contributed by atoms with Gasteiger partial charge in [0.25, 0.3) is 0 Å². The SMILES string of the molecule is CCCC(O)CCCCCCCCO. The Balaban J connectivity index is 2.98. The molecule has 0 bridgehead atoms. The van der Waals surface area contributed by atoms with Gasteiger partial charge < -0.3 is 10.2 Å². The van der Waals surface area contributed by atoms with E-state index in [9.17, 15) is 5.11 Å². The maximum Gasteiger partial charge on any atom is 0.0540 e. The van der Waals surface area contributed by atoms with Crippen molar-refractivity contribution >= 4 is 0 Å². The first-order chi connectivity index (χ1) is 6.81. The number of aliphatic hydroxyl groups excluding tert-OH is 2. The lowest BCUT2D eigenvalue weighted by Gasteiger charge is -2.08. The predicted octanol–water partition coefficient (Wildman–Crippen LogP) is 2.87. The Labute approximate surface area is 88.3 Å². The highest BCUT2D eigenvalue weighted by Gasteiger charge is 2.01. The van der Waals surface area contributed by atoms with E-state index in [1.54, 1.807) is 0 Å². The molecule has 1 unspecified atom stereocenters. The Morgan fingerprint density at radius 2 is 1.43 bits per heavy atom. The van der Waals surface area contributed by atoms with Gasteiger partial charge in [0.2, 0.25) is 0 Å². The number of hydrogen-bond acceptors (Lipinski definition) is 2. The highest BCUT2D eigenvalue weighted by atomic mass is 16.3. The molecule has 14 heavy (non-hydrogen) atoms. The molecular weight excluding hydrogens is 176 g/mol. The highest BCUT2D eigenvalue weighted by Crippen LogP contribution is 2.10. The van der Waals surface area contributed by atoms with Crippen molar-refractivity contribution in [3.63, 3.8) is 0 Å². The van der Waals surface area contributed by atoms with Gasteiger partial charge in [0.15, 0.2) is 0 Å². The standard InChI is InChI=1S/C12H26O2/c1-2-9-12(14)10-7-5-3-4-6-8-11-13/h12-14H,2-11H2,1H3. The van der Waals surface area contributed by atoms with Crippen molar-refractivity contribution in [1.29, 1.82) is 0 Å². The molecule has 2 heteroatoms. The molecule has 0 aliphatic carbocycles. The number of unbranched alkanes of at least 4 members (excludes halogenated alkanes) is 5. The summed E-state index contributed by atoms with van der Waals surface area (Å²) < 4.78 is 0. The van der Waals surface area contributed by atoms with Crippen molar-refractivity contribution in [2.45, 2.75) is 70.8 Å². The molecule has 1 atom stereocenters. The van der Waals surface area contributed by atoms with E-state index in [-0.39, 0.29) is 6.10 Å². The van der Waals surface area contributed by atoms with Gasteiger partial charge in [0, 0.05) is 6.61 Å². The molecular formula is C12H26O2. The van der Waals surface area contributed by atoms with Gasteiger partial charge in [-0.1, -0.05) is 45.4 Å². The molecule has 0 heterocycles. The molecule has 2 nitrogen and oxygen atoms in total. The third-order valence-electron chi connectivity index (χ3n) is 2.57. The van der Waals surface area contributed by atoms with Crippen LogP contribution >= 0.6 is 0 Å². The maximum atomic E-state index is 9.46. The second kappa shape index (κ2) is 11.0. The molecule has 0 amide bonds. The van der Waals surface area contributed by atoms with Crippen molar-refractivity contribution < 1.29 is 10.2 Å². The van der Waals surface area contributed by atoms with Gasteiger partial charge in [0.05, 0.1) is 6.10 Å². The Bertz CT molecular complexity index is 104. The largest absolute Gasteiger partial charge is 0.396 e. The third-order valence-corrected chi connectivity index (χ3v) is 2.57. The summed E-state index contributed by atoms with van der Waals surface area (Å²) in [6.07, 6.45) is 9.87. The summed E-state index contributed by atoms with van der Waals surface area (Å²) in [5.41, 5.74) is 0. The molecule has 0 fully saturated rings. The van der Waals surface area contributed by atoms with Crippen LogP contribution in [0.3, 0.4) is 0 Å². The van der Waals surface area contributed by atoms with E-state index in [0.29, 0.717) is 6.61 Å². The molecule has 86 valence electrons. The lowest BCUT2D eigenvalue weighted by atomic mass is 10.0. The maximum absolute atomic E-state index is 9.46. The number of hydrogen-bond donors (Lipinski definition) is 2. The smallest absolute Gasteiger partial charge is 0.0540 e. The normalized spacial score (nSPS) is 13.1. The van der Waals surface area contributed by atoms with E-state index >= 15 is 0 Å². The zero-order valence-electron chi connectivity index (χ0n) is 9.54. The van der Waals surface area contributed by atoms with Gasteiger partial charge in [-0.25, -0.2) is 0 Å². The molecule has 0 aliphatic heterocycles. The Morgan fingerprint density at radius 3 is 2.00 bits per heavy atom. The van der Waals surface area contributed by atoms with Crippen molar-refractivity contribution in [2.75, 3.05) is 6.61 Å². The van der Waals surface area contributed by atoms with Crippen LogP contribution in [0.5, 0.6) is 0 Å². The van der Waals surface area contributed by atoms with Gasteiger partial charge in [-0.05, 0) is 19.3 Å². The third kappa shape index (κ3) is 10.0. The minimum atomic E-state index is -0.0718.